The number of aromatic nitrogens is 2. The second kappa shape index (κ2) is 8.01. The van der Waals surface area contributed by atoms with Crippen molar-refractivity contribution in [1.29, 1.82) is 0 Å². The Morgan fingerprint density at radius 1 is 1.19 bits per heavy atom. The van der Waals surface area contributed by atoms with Crippen molar-refractivity contribution in [1.82, 2.24) is 9.66 Å². The van der Waals surface area contributed by atoms with E-state index in [0.29, 0.717) is 5.92 Å². The van der Waals surface area contributed by atoms with Gasteiger partial charge in [-0.3, -0.25) is 4.98 Å². The maximum absolute atomic E-state index is 5.05. The summed E-state index contributed by atoms with van der Waals surface area (Å²) < 4.78 is 2.02. The molecule has 0 amide bonds. The van der Waals surface area contributed by atoms with Gasteiger partial charge in [0.25, 0.3) is 0 Å². The average Bonchev–Trinajstić information content (AvgIpc) is 3.05. The first-order valence-corrected chi connectivity index (χ1v) is 10.4. The zero-order valence-corrected chi connectivity index (χ0v) is 16.6. The molecule has 1 aromatic carbocycles. The summed E-state index contributed by atoms with van der Waals surface area (Å²) in [6.07, 6.45) is 8.22. The molecule has 5 heteroatoms. The fraction of sp³-hybridized carbons (Fsp3) is 0.318. The van der Waals surface area contributed by atoms with Gasteiger partial charge in [0.05, 0.1) is 17.6 Å². The molecule has 0 bridgehead atoms. The number of hydrogen-bond donors (Lipinski definition) is 0. The van der Waals surface area contributed by atoms with Gasteiger partial charge in [0, 0.05) is 22.9 Å². The van der Waals surface area contributed by atoms with E-state index in [9.17, 15) is 0 Å². The lowest BCUT2D eigenvalue weighted by molar-refractivity contribution is 0.497. The first-order chi connectivity index (χ1) is 13.2. The normalized spacial score (nSPS) is 19.6. The van der Waals surface area contributed by atoms with Crippen molar-refractivity contribution >= 4 is 22.7 Å². The number of pyridine rings is 1. The number of rotatable bonds is 3. The SMILES string of the molecule is Cc1ccc(-c2csc(=Nc3cccnc3)n2N=C2CCCC(C)C2)cc1. The van der Waals surface area contributed by atoms with Crippen LogP contribution in [0, 0.1) is 12.8 Å². The quantitative estimate of drug-likeness (QED) is 0.589. The average molecular weight is 377 g/mol. The minimum Gasteiger partial charge on any atom is -0.262 e. The van der Waals surface area contributed by atoms with Crippen LogP contribution in [-0.4, -0.2) is 15.4 Å². The van der Waals surface area contributed by atoms with Crippen LogP contribution in [0.2, 0.25) is 0 Å². The molecule has 0 spiro atoms. The van der Waals surface area contributed by atoms with Gasteiger partial charge >= 0.3 is 0 Å². The summed E-state index contributed by atoms with van der Waals surface area (Å²) in [5.41, 5.74) is 5.63. The number of aryl methyl sites for hydroxylation is 1. The number of hydrogen-bond acceptors (Lipinski definition) is 4. The molecule has 0 N–H and O–H groups in total. The Kier molecular flexibility index (Phi) is 5.30. The van der Waals surface area contributed by atoms with E-state index >= 15 is 0 Å². The van der Waals surface area contributed by atoms with Crippen molar-refractivity contribution in [2.45, 2.75) is 39.5 Å². The molecule has 1 fully saturated rings. The van der Waals surface area contributed by atoms with Crippen molar-refractivity contribution in [2.24, 2.45) is 16.0 Å². The second-order valence-corrected chi connectivity index (χ2v) is 8.11. The van der Waals surface area contributed by atoms with Crippen molar-refractivity contribution in [3.05, 3.63) is 64.5 Å². The van der Waals surface area contributed by atoms with E-state index in [0.717, 1.165) is 34.6 Å². The van der Waals surface area contributed by atoms with Crippen LogP contribution in [0.15, 0.2) is 64.3 Å². The summed E-state index contributed by atoms with van der Waals surface area (Å²) in [5.74, 6) is 0.707. The fourth-order valence-corrected chi connectivity index (χ4v) is 4.27. The zero-order valence-electron chi connectivity index (χ0n) is 15.8. The molecule has 1 saturated carbocycles. The van der Waals surface area contributed by atoms with Gasteiger partial charge in [-0.05, 0) is 50.7 Å². The largest absolute Gasteiger partial charge is 0.262 e. The van der Waals surface area contributed by atoms with Crippen LogP contribution in [0.1, 0.15) is 38.2 Å². The third kappa shape index (κ3) is 4.25. The molecular weight excluding hydrogens is 352 g/mol. The van der Waals surface area contributed by atoms with Gasteiger partial charge in [-0.15, -0.1) is 11.3 Å². The molecule has 1 unspecified atom stereocenters. The van der Waals surface area contributed by atoms with Crippen LogP contribution >= 0.6 is 11.3 Å². The summed E-state index contributed by atoms with van der Waals surface area (Å²) in [7, 11) is 0. The monoisotopic (exact) mass is 376 g/mol. The maximum atomic E-state index is 5.05. The fourth-order valence-electron chi connectivity index (χ4n) is 3.42. The van der Waals surface area contributed by atoms with Crippen molar-refractivity contribution in [3.8, 4) is 11.3 Å². The van der Waals surface area contributed by atoms with Gasteiger partial charge in [-0.25, -0.2) is 9.67 Å². The highest BCUT2D eigenvalue weighted by Crippen LogP contribution is 2.24. The maximum Gasteiger partial charge on any atom is 0.211 e. The molecule has 2 aromatic heterocycles. The van der Waals surface area contributed by atoms with Gasteiger partial charge in [-0.2, -0.15) is 5.10 Å². The number of benzene rings is 1. The highest BCUT2D eigenvalue weighted by Gasteiger charge is 2.16. The van der Waals surface area contributed by atoms with E-state index in [1.165, 1.54) is 24.1 Å². The highest BCUT2D eigenvalue weighted by atomic mass is 32.1. The molecular formula is C22H24N4S. The Balaban J connectivity index is 1.84. The van der Waals surface area contributed by atoms with Gasteiger partial charge in [-0.1, -0.05) is 36.8 Å². The summed E-state index contributed by atoms with van der Waals surface area (Å²) in [4.78, 5) is 9.86. The summed E-state index contributed by atoms with van der Waals surface area (Å²) in [6.45, 7) is 4.42. The van der Waals surface area contributed by atoms with Crippen LogP contribution in [-0.2, 0) is 0 Å². The molecule has 1 aliphatic carbocycles. The highest BCUT2D eigenvalue weighted by molar-refractivity contribution is 7.07. The van der Waals surface area contributed by atoms with Crippen LogP contribution in [0.5, 0.6) is 0 Å². The molecule has 4 nitrogen and oxygen atoms in total. The molecule has 2 heterocycles. The molecule has 0 saturated heterocycles. The van der Waals surface area contributed by atoms with E-state index in [4.69, 9.17) is 10.1 Å². The molecule has 138 valence electrons. The van der Waals surface area contributed by atoms with Crippen LogP contribution in [0.3, 0.4) is 0 Å². The smallest absolute Gasteiger partial charge is 0.211 e. The first-order valence-electron chi connectivity index (χ1n) is 9.48. The van der Waals surface area contributed by atoms with Gasteiger partial charge in [0.2, 0.25) is 4.80 Å². The second-order valence-electron chi connectivity index (χ2n) is 7.27. The minimum atomic E-state index is 0.707. The van der Waals surface area contributed by atoms with Crippen molar-refractivity contribution < 1.29 is 0 Å². The molecule has 1 aliphatic rings. The molecule has 0 aliphatic heterocycles. The van der Waals surface area contributed by atoms with Crippen LogP contribution < -0.4 is 4.80 Å². The predicted molar refractivity (Wildman–Crippen MR) is 112 cm³/mol. The lowest BCUT2D eigenvalue weighted by Gasteiger charge is -2.19. The lowest BCUT2D eigenvalue weighted by Crippen LogP contribution is -2.18. The van der Waals surface area contributed by atoms with Gasteiger partial charge < -0.3 is 0 Å². The minimum absolute atomic E-state index is 0.707. The summed E-state index contributed by atoms with van der Waals surface area (Å²) in [5, 5.41) is 7.20. The predicted octanol–water partition coefficient (Wildman–Crippen LogP) is 5.57. The molecule has 1 atom stereocenters. The number of thiazole rings is 1. The Labute approximate surface area is 164 Å². The first kappa shape index (κ1) is 17.9. The summed E-state index contributed by atoms with van der Waals surface area (Å²) >= 11 is 1.62. The summed E-state index contributed by atoms with van der Waals surface area (Å²) in [6, 6.07) is 12.5. The Morgan fingerprint density at radius 2 is 2.04 bits per heavy atom. The lowest BCUT2D eigenvalue weighted by atomic mass is 9.89. The van der Waals surface area contributed by atoms with Crippen molar-refractivity contribution in [3.63, 3.8) is 0 Å². The Morgan fingerprint density at radius 3 is 2.78 bits per heavy atom. The van der Waals surface area contributed by atoms with E-state index < -0.39 is 0 Å². The van der Waals surface area contributed by atoms with E-state index in [2.05, 4.69) is 48.5 Å². The molecule has 4 rings (SSSR count). The van der Waals surface area contributed by atoms with E-state index in [1.54, 1.807) is 23.7 Å². The topological polar surface area (TPSA) is 42.5 Å². The van der Waals surface area contributed by atoms with E-state index in [-0.39, 0.29) is 0 Å². The molecule has 27 heavy (non-hydrogen) atoms. The zero-order chi connectivity index (χ0) is 18.6. The number of nitrogens with zero attached hydrogens (tertiary/aromatic N) is 4. The third-order valence-corrected chi connectivity index (χ3v) is 5.71. The Bertz CT molecular complexity index is 997. The standard InChI is InChI=1S/C22H24N4S/c1-16-8-10-18(11-9-16)21-15-27-22(24-20-7-4-12-23-14-20)26(21)25-19-6-3-5-17(2)13-19/h4,7-12,14-15,17H,3,5-6,13H2,1-2H3. The molecule has 3 aromatic rings. The Hall–Kier alpha value is -2.53. The van der Waals surface area contributed by atoms with Gasteiger partial charge in [0.15, 0.2) is 0 Å². The van der Waals surface area contributed by atoms with Crippen LogP contribution in [0.4, 0.5) is 5.69 Å². The molecule has 0 radical (unpaired) electrons. The third-order valence-electron chi connectivity index (χ3n) is 4.89. The van der Waals surface area contributed by atoms with Gasteiger partial charge in [0.1, 0.15) is 0 Å². The van der Waals surface area contributed by atoms with E-state index in [1.807, 2.05) is 16.8 Å². The van der Waals surface area contributed by atoms with Crippen molar-refractivity contribution in [2.75, 3.05) is 0 Å². The van der Waals surface area contributed by atoms with Crippen LogP contribution in [0.25, 0.3) is 11.3 Å².